The highest BCUT2D eigenvalue weighted by Gasteiger charge is 2.23. The van der Waals surface area contributed by atoms with Crippen molar-refractivity contribution in [2.45, 2.75) is 13.5 Å². The van der Waals surface area contributed by atoms with Crippen LogP contribution in [0.4, 0.5) is 0 Å². The van der Waals surface area contributed by atoms with Crippen LogP contribution in [0.1, 0.15) is 17.4 Å². The van der Waals surface area contributed by atoms with E-state index < -0.39 is 5.97 Å². The van der Waals surface area contributed by atoms with Gasteiger partial charge in [0.1, 0.15) is 11.4 Å². The van der Waals surface area contributed by atoms with Crippen LogP contribution < -0.4 is 4.74 Å². The topological polar surface area (TPSA) is 97.5 Å². The summed E-state index contributed by atoms with van der Waals surface area (Å²) in [7, 11) is 1.52. The molecule has 1 atom stereocenters. The summed E-state index contributed by atoms with van der Waals surface area (Å²) in [5.41, 5.74) is 0.845. The lowest BCUT2D eigenvalue weighted by Crippen LogP contribution is -2.14. The maximum atomic E-state index is 11.4. The number of carboxylic acids is 1. The van der Waals surface area contributed by atoms with Crippen LogP contribution in [-0.4, -0.2) is 44.9 Å². The molecule has 0 radical (unpaired) electrons. The van der Waals surface area contributed by atoms with E-state index in [9.17, 15) is 15.0 Å². The molecule has 1 aromatic heterocycles. The highest BCUT2D eigenvalue weighted by molar-refractivity contribution is 5.93. The predicted molar refractivity (Wildman–Crippen MR) is 75.2 cm³/mol. The van der Waals surface area contributed by atoms with Gasteiger partial charge in [0.05, 0.1) is 7.11 Å². The van der Waals surface area contributed by atoms with Crippen LogP contribution in [0.5, 0.6) is 5.75 Å². The second kappa shape index (κ2) is 6.36. The van der Waals surface area contributed by atoms with Gasteiger partial charge in [0.15, 0.2) is 5.69 Å². The van der Waals surface area contributed by atoms with Gasteiger partial charge in [0, 0.05) is 18.7 Å². The van der Waals surface area contributed by atoms with E-state index in [-0.39, 0.29) is 18.2 Å². The Balaban J connectivity index is 2.58. The number of carbonyl (C=O) groups is 1. The van der Waals surface area contributed by atoms with Gasteiger partial charge < -0.3 is 14.9 Å². The van der Waals surface area contributed by atoms with Crippen molar-refractivity contribution >= 4 is 5.97 Å². The molecule has 7 nitrogen and oxygen atoms in total. The van der Waals surface area contributed by atoms with E-state index in [1.165, 1.54) is 11.8 Å². The summed E-state index contributed by atoms with van der Waals surface area (Å²) in [4.78, 5) is 11.4. The van der Waals surface area contributed by atoms with Crippen molar-refractivity contribution in [2.24, 2.45) is 5.92 Å². The molecule has 0 saturated carbocycles. The van der Waals surface area contributed by atoms with Gasteiger partial charge in [-0.15, -0.1) is 5.10 Å². The van der Waals surface area contributed by atoms with Crippen LogP contribution in [0.3, 0.4) is 0 Å². The van der Waals surface area contributed by atoms with Gasteiger partial charge in [0.25, 0.3) is 0 Å². The summed E-state index contributed by atoms with van der Waals surface area (Å²) >= 11 is 0. The minimum Gasteiger partial charge on any atom is -0.496 e. The predicted octanol–water partition coefficient (Wildman–Crippen LogP) is 1.28. The fourth-order valence-electron chi connectivity index (χ4n) is 2.04. The minimum atomic E-state index is -1.15. The van der Waals surface area contributed by atoms with Crippen molar-refractivity contribution in [2.75, 3.05) is 13.7 Å². The van der Waals surface area contributed by atoms with Crippen molar-refractivity contribution in [1.82, 2.24) is 15.0 Å². The number of hydrogen-bond donors (Lipinski definition) is 2. The summed E-state index contributed by atoms with van der Waals surface area (Å²) in [5.74, 6) is -0.680. The molecule has 0 fully saturated rings. The molecule has 0 aliphatic carbocycles. The third-order valence-electron chi connectivity index (χ3n) is 3.10. The molecular formula is C14H17N3O4. The molecule has 112 valence electrons. The number of ether oxygens (including phenoxy) is 1. The monoisotopic (exact) mass is 291 g/mol. The van der Waals surface area contributed by atoms with E-state index in [2.05, 4.69) is 10.3 Å². The van der Waals surface area contributed by atoms with Crippen molar-refractivity contribution in [1.29, 1.82) is 0 Å². The molecule has 0 bridgehead atoms. The van der Waals surface area contributed by atoms with Gasteiger partial charge in [-0.3, -0.25) is 0 Å². The highest BCUT2D eigenvalue weighted by Crippen LogP contribution is 2.31. The molecule has 2 aromatic rings. The first-order valence-corrected chi connectivity index (χ1v) is 6.49. The number of carboxylic acid groups (broad SMARTS) is 1. The van der Waals surface area contributed by atoms with Gasteiger partial charge in [-0.1, -0.05) is 24.3 Å². The maximum Gasteiger partial charge on any atom is 0.358 e. The van der Waals surface area contributed by atoms with E-state index in [0.29, 0.717) is 23.6 Å². The van der Waals surface area contributed by atoms with Crippen molar-refractivity contribution in [3.05, 3.63) is 30.0 Å². The Bertz CT molecular complexity index is 639. The van der Waals surface area contributed by atoms with E-state index in [4.69, 9.17) is 4.74 Å². The molecule has 0 aliphatic rings. The summed E-state index contributed by atoms with van der Waals surface area (Å²) in [6, 6.07) is 7.08. The molecule has 1 aromatic carbocycles. The maximum absolute atomic E-state index is 11.4. The third kappa shape index (κ3) is 3.03. The lowest BCUT2D eigenvalue weighted by molar-refractivity contribution is 0.0691. The summed E-state index contributed by atoms with van der Waals surface area (Å²) in [6.07, 6.45) is 0. The molecule has 7 heteroatoms. The van der Waals surface area contributed by atoms with Gasteiger partial charge in [0.2, 0.25) is 0 Å². The number of aromatic nitrogens is 3. The minimum absolute atomic E-state index is 0.0202. The normalized spacial score (nSPS) is 12.1. The van der Waals surface area contributed by atoms with E-state index in [0.717, 1.165) is 0 Å². The molecular weight excluding hydrogens is 274 g/mol. The molecule has 0 spiro atoms. The van der Waals surface area contributed by atoms with Gasteiger partial charge in [-0.2, -0.15) is 0 Å². The van der Waals surface area contributed by atoms with Crippen LogP contribution in [0, 0.1) is 5.92 Å². The Kier molecular flexibility index (Phi) is 4.54. The Labute approximate surface area is 121 Å². The summed E-state index contributed by atoms with van der Waals surface area (Å²) in [6.45, 7) is 2.19. The highest BCUT2D eigenvalue weighted by atomic mass is 16.5. The molecule has 0 aliphatic heterocycles. The number of para-hydroxylation sites is 1. The van der Waals surface area contributed by atoms with E-state index in [1.807, 2.05) is 6.92 Å². The molecule has 1 heterocycles. The number of aromatic carboxylic acids is 1. The zero-order chi connectivity index (χ0) is 15.4. The molecule has 0 amide bonds. The Morgan fingerprint density at radius 3 is 2.76 bits per heavy atom. The molecule has 0 saturated heterocycles. The first-order valence-electron chi connectivity index (χ1n) is 6.49. The number of benzene rings is 1. The molecule has 1 unspecified atom stereocenters. The van der Waals surface area contributed by atoms with Gasteiger partial charge >= 0.3 is 5.97 Å². The molecule has 2 N–H and O–H groups in total. The fraction of sp³-hybridized carbons (Fsp3) is 0.357. The van der Waals surface area contributed by atoms with Crippen LogP contribution in [0.2, 0.25) is 0 Å². The number of hydrogen-bond acceptors (Lipinski definition) is 5. The van der Waals surface area contributed by atoms with Gasteiger partial charge in [-0.05, 0) is 18.1 Å². The van der Waals surface area contributed by atoms with Crippen LogP contribution in [-0.2, 0) is 6.54 Å². The van der Waals surface area contributed by atoms with Crippen molar-refractivity contribution < 1.29 is 19.7 Å². The Morgan fingerprint density at radius 1 is 1.43 bits per heavy atom. The van der Waals surface area contributed by atoms with Crippen LogP contribution in [0.25, 0.3) is 11.3 Å². The number of aliphatic hydroxyl groups excluding tert-OH is 1. The second-order valence-corrected chi connectivity index (χ2v) is 4.76. The van der Waals surface area contributed by atoms with E-state index >= 15 is 0 Å². The van der Waals surface area contributed by atoms with E-state index in [1.54, 1.807) is 24.3 Å². The number of methoxy groups -OCH3 is 1. The second-order valence-electron chi connectivity index (χ2n) is 4.76. The largest absolute Gasteiger partial charge is 0.496 e. The van der Waals surface area contributed by atoms with Crippen LogP contribution in [0.15, 0.2) is 24.3 Å². The number of aliphatic hydroxyl groups is 1. The smallest absolute Gasteiger partial charge is 0.358 e. The number of rotatable bonds is 6. The van der Waals surface area contributed by atoms with Gasteiger partial charge in [-0.25, -0.2) is 9.48 Å². The average Bonchev–Trinajstić information content (AvgIpc) is 2.90. The SMILES string of the molecule is COc1ccccc1-c1c(C(=O)O)nnn1CC(C)CO. The lowest BCUT2D eigenvalue weighted by Gasteiger charge is -2.13. The summed E-state index contributed by atoms with van der Waals surface area (Å²) < 4.78 is 6.77. The number of nitrogens with zero attached hydrogens (tertiary/aromatic N) is 3. The Hall–Kier alpha value is -2.41. The molecule has 2 rings (SSSR count). The lowest BCUT2D eigenvalue weighted by atomic mass is 10.1. The average molecular weight is 291 g/mol. The Morgan fingerprint density at radius 2 is 2.14 bits per heavy atom. The zero-order valence-electron chi connectivity index (χ0n) is 11.9. The standard InChI is InChI=1S/C14H17N3O4/c1-9(8-18)7-17-13(12(14(19)20)15-16-17)10-5-3-4-6-11(10)21-2/h3-6,9,18H,7-8H2,1-2H3,(H,19,20). The zero-order valence-corrected chi connectivity index (χ0v) is 11.9. The first kappa shape index (κ1) is 15.0. The quantitative estimate of drug-likeness (QED) is 0.832. The summed E-state index contributed by atoms with van der Waals surface area (Å²) in [5, 5.41) is 26.1. The van der Waals surface area contributed by atoms with Crippen LogP contribution >= 0.6 is 0 Å². The van der Waals surface area contributed by atoms with Crippen molar-refractivity contribution in [3.8, 4) is 17.0 Å². The molecule has 21 heavy (non-hydrogen) atoms. The first-order chi connectivity index (χ1) is 10.1. The van der Waals surface area contributed by atoms with Crippen molar-refractivity contribution in [3.63, 3.8) is 0 Å². The third-order valence-corrected chi connectivity index (χ3v) is 3.10. The fourth-order valence-corrected chi connectivity index (χ4v) is 2.04.